The van der Waals surface area contributed by atoms with Crippen LogP contribution in [0.5, 0.6) is 0 Å². The van der Waals surface area contributed by atoms with Gasteiger partial charge >= 0.3 is 0 Å². The summed E-state index contributed by atoms with van der Waals surface area (Å²) < 4.78 is 2.03. The van der Waals surface area contributed by atoms with Crippen molar-refractivity contribution in [2.75, 3.05) is 0 Å². The molecule has 27 heavy (non-hydrogen) atoms. The Morgan fingerprint density at radius 3 is 2.74 bits per heavy atom. The highest BCUT2D eigenvalue weighted by molar-refractivity contribution is 6.33. The third-order valence-corrected chi connectivity index (χ3v) is 4.96. The standard InChI is InChI=1S/C22H17ClN4/c1-14(25)16-6-8-22-21(11-16)26-13-27(22)18-4-2-3-17(10-18)19-9-15(12-24)5-7-20(19)23/h2-11,13-14H,25H2,1H3/t14-/m1/s1. The second kappa shape index (κ2) is 6.88. The topological polar surface area (TPSA) is 67.6 Å². The number of hydrogen-bond acceptors (Lipinski definition) is 3. The lowest BCUT2D eigenvalue weighted by Gasteiger charge is -2.10. The van der Waals surface area contributed by atoms with Crippen molar-refractivity contribution >= 4 is 22.6 Å². The third-order valence-electron chi connectivity index (χ3n) is 4.63. The van der Waals surface area contributed by atoms with Crippen LogP contribution in [0.3, 0.4) is 0 Å². The lowest BCUT2D eigenvalue weighted by atomic mass is 10.0. The van der Waals surface area contributed by atoms with Gasteiger partial charge in [-0.05, 0) is 60.5 Å². The molecule has 0 aliphatic rings. The van der Waals surface area contributed by atoms with Gasteiger partial charge in [0.1, 0.15) is 6.33 Å². The zero-order chi connectivity index (χ0) is 19.0. The van der Waals surface area contributed by atoms with Gasteiger partial charge in [-0.3, -0.25) is 4.57 Å². The Hall–Kier alpha value is -3.13. The molecule has 0 aliphatic carbocycles. The van der Waals surface area contributed by atoms with E-state index in [0.717, 1.165) is 33.4 Å². The Morgan fingerprint density at radius 2 is 1.96 bits per heavy atom. The fourth-order valence-corrected chi connectivity index (χ4v) is 3.38. The van der Waals surface area contributed by atoms with Crippen LogP contribution in [0.25, 0.3) is 27.8 Å². The first-order valence-electron chi connectivity index (χ1n) is 8.60. The molecule has 2 N–H and O–H groups in total. The van der Waals surface area contributed by atoms with Crippen LogP contribution in [-0.2, 0) is 0 Å². The summed E-state index contributed by atoms with van der Waals surface area (Å²) in [6.45, 7) is 1.96. The second-order valence-corrected chi connectivity index (χ2v) is 6.92. The van der Waals surface area contributed by atoms with Gasteiger partial charge in [-0.25, -0.2) is 4.98 Å². The van der Waals surface area contributed by atoms with E-state index in [1.165, 1.54) is 0 Å². The number of hydrogen-bond donors (Lipinski definition) is 1. The lowest BCUT2D eigenvalue weighted by molar-refractivity contribution is 0.819. The molecule has 0 spiro atoms. The predicted molar refractivity (Wildman–Crippen MR) is 109 cm³/mol. The average molecular weight is 373 g/mol. The van der Waals surface area contributed by atoms with Gasteiger partial charge in [0, 0.05) is 22.3 Å². The number of aromatic nitrogens is 2. The number of fused-ring (bicyclic) bond motifs is 1. The van der Waals surface area contributed by atoms with Crippen LogP contribution >= 0.6 is 11.6 Å². The van der Waals surface area contributed by atoms with E-state index in [-0.39, 0.29) is 6.04 Å². The van der Waals surface area contributed by atoms with Crippen molar-refractivity contribution in [3.8, 4) is 22.9 Å². The first kappa shape index (κ1) is 17.3. The number of nitrogens with zero attached hydrogens (tertiary/aromatic N) is 3. The Balaban J connectivity index is 1.82. The molecular formula is C22H17ClN4. The molecule has 4 rings (SSSR count). The summed E-state index contributed by atoms with van der Waals surface area (Å²) in [6.07, 6.45) is 1.81. The molecule has 0 saturated carbocycles. The molecule has 5 heteroatoms. The van der Waals surface area contributed by atoms with Crippen molar-refractivity contribution in [3.05, 3.63) is 83.1 Å². The van der Waals surface area contributed by atoms with E-state index in [4.69, 9.17) is 17.3 Å². The Kier molecular flexibility index (Phi) is 4.41. The van der Waals surface area contributed by atoms with Crippen molar-refractivity contribution in [1.29, 1.82) is 5.26 Å². The van der Waals surface area contributed by atoms with Crippen LogP contribution in [0.4, 0.5) is 0 Å². The minimum absolute atomic E-state index is 0.0302. The minimum atomic E-state index is -0.0302. The smallest absolute Gasteiger partial charge is 0.100 e. The molecule has 1 heterocycles. The minimum Gasteiger partial charge on any atom is -0.324 e. The Bertz CT molecular complexity index is 1180. The van der Waals surface area contributed by atoms with Gasteiger partial charge in [-0.15, -0.1) is 0 Å². The monoisotopic (exact) mass is 372 g/mol. The van der Waals surface area contributed by atoms with Gasteiger partial charge < -0.3 is 5.73 Å². The highest BCUT2D eigenvalue weighted by Gasteiger charge is 2.10. The quantitative estimate of drug-likeness (QED) is 0.534. The number of benzene rings is 3. The molecule has 0 fully saturated rings. The number of imidazole rings is 1. The van der Waals surface area contributed by atoms with Crippen LogP contribution in [0.1, 0.15) is 24.1 Å². The van der Waals surface area contributed by atoms with Crippen LogP contribution in [0, 0.1) is 11.3 Å². The number of halogens is 1. The van der Waals surface area contributed by atoms with E-state index in [1.54, 1.807) is 12.1 Å². The molecule has 0 amide bonds. The molecule has 4 nitrogen and oxygen atoms in total. The molecule has 0 bridgehead atoms. The van der Waals surface area contributed by atoms with Crippen molar-refractivity contribution in [2.24, 2.45) is 5.73 Å². The largest absolute Gasteiger partial charge is 0.324 e. The second-order valence-electron chi connectivity index (χ2n) is 6.51. The van der Waals surface area contributed by atoms with Crippen LogP contribution in [-0.4, -0.2) is 9.55 Å². The predicted octanol–water partition coefficient (Wildman–Crippen LogP) is 5.24. The van der Waals surface area contributed by atoms with Crippen molar-refractivity contribution in [3.63, 3.8) is 0 Å². The van der Waals surface area contributed by atoms with Crippen LogP contribution < -0.4 is 5.73 Å². The molecule has 4 aromatic rings. The van der Waals surface area contributed by atoms with E-state index in [9.17, 15) is 5.26 Å². The third kappa shape index (κ3) is 3.19. The van der Waals surface area contributed by atoms with Gasteiger partial charge in [0.2, 0.25) is 0 Å². The van der Waals surface area contributed by atoms with Gasteiger partial charge in [-0.2, -0.15) is 5.26 Å². The fourth-order valence-electron chi connectivity index (χ4n) is 3.16. The van der Waals surface area contributed by atoms with E-state index in [2.05, 4.69) is 11.1 Å². The summed E-state index contributed by atoms with van der Waals surface area (Å²) >= 11 is 6.37. The first-order chi connectivity index (χ1) is 13.1. The SMILES string of the molecule is C[C@@H](N)c1ccc2c(c1)ncn2-c1cccc(-c2cc(C#N)ccc2Cl)c1. The zero-order valence-electron chi connectivity index (χ0n) is 14.7. The fraction of sp³-hybridized carbons (Fsp3) is 0.0909. The van der Waals surface area contributed by atoms with E-state index >= 15 is 0 Å². The maximum absolute atomic E-state index is 9.17. The van der Waals surface area contributed by atoms with Crippen LogP contribution in [0.2, 0.25) is 5.02 Å². The summed E-state index contributed by atoms with van der Waals surface area (Å²) in [7, 11) is 0. The normalized spacial score (nSPS) is 12.1. The van der Waals surface area contributed by atoms with Gasteiger partial charge in [0.05, 0.1) is 22.7 Å². The molecule has 3 aromatic carbocycles. The van der Waals surface area contributed by atoms with Crippen molar-refractivity contribution in [1.82, 2.24) is 9.55 Å². The molecule has 132 valence electrons. The van der Waals surface area contributed by atoms with Crippen molar-refractivity contribution < 1.29 is 0 Å². The van der Waals surface area contributed by atoms with Gasteiger partial charge in [-0.1, -0.05) is 29.8 Å². The summed E-state index contributed by atoms with van der Waals surface area (Å²) in [6, 6.07) is 21.5. The van der Waals surface area contributed by atoms with Gasteiger partial charge in [0.15, 0.2) is 0 Å². The number of nitrogens with two attached hydrogens (primary N) is 1. The lowest BCUT2D eigenvalue weighted by Crippen LogP contribution is -2.04. The molecule has 0 aliphatic heterocycles. The summed E-state index contributed by atoms with van der Waals surface area (Å²) in [5.41, 5.74) is 12.3. The molecule has 0 unspecified atom stereocenters. The molecule has 1 aromatic heterocycles. The van der Waals surface area contributed by atoms with Crippen LogP contribution in [0.15, 0.2) is 67.0 Å². The maximum atomic E-state index is 9.17. The highest BCUT2D eigenvalue weighted by atomic mass is 35.5. The van der Waals surface area contributed by atoms with E-state index in [0.29, 0.717) is 10.6 Å². The van der Waals surface area contributed by atoms with Crippen molar-refractivity contribution in [2.45, 2.75) is 13.0 Å². The highest BCUT2D eigenvalue weighted by Crippen LogP contribution is 2.31. The molecular weight excluding hydrogens is 356 g/mol. The molecule has 1 atom stereocenters. The average Bonchev–Trinajstić information content (AvgIpc) is 3.11. The van der Waals surface area contributed by atoms with E-state index in [1.807, 2.05) is 66.3 Å². The zero-order valence-corrected chi connectivity index (χ0v) is 15.5. The van der Waals surface area contributed by atoms with Gasteiger partial charge in [0.25, 0.3) is 0 Å². The summed E-state index contributed by atoms with van der Waals surface area (Å²) in [5.74, 6) is 0. The maximum Gasteiger partial charge on any atom is 0.100 e. The first-order valence-corrected chi connectivity index (χ1v) is 8.97. The summed E-state index contributed by atoms with van der Waals surface area (Å²) in [5, 5.41) is 9.78. The van der Waals surface area contributed by atoms with E-state index < -0.39 is 0 Å². The Labute approximate surface area is 162 Å². The number of nitriles is 1. The molecule has 0 saturated heterocycles. The Morgan fingerprint density at radius 1 is 1.11 bits per heavy atom. The summed E-state index contributed by atoms with van der Waals surface area (Å²) in [4.78, 5) is 4.52. The molecule has 0 radical (unpaired) electrons. The number of rotatable bonds is 3.